The molecule has 11 heteroatoms. The molecule has 1 amide bonds. The number of hydrogen-bond acceptors (Lipinski definition) is 6. The van der Waals surface area contributed by atoms with Crippen molar-refractivity contribution in [2.24, 2.45) is 5.73 Å². The lowest BCUT2D eigenvalue weighted by molar-refractivity contribution is -0.192. The quantitative estimate of drug-likeness (QED) is 0.605. The number of carbonyl (C=O) groups excluding carboxylic acids is 2. The van der Waals surface area contributed by atoms with E-state index in [1.165, 1.54) is 7.11 Å². The average molecular weight is 344 g/mol. The normalized spacial score (nSPS) is 22.2. The first kappa shape index (κ1) is 21.1. The summed E-state index contributed by atoms with van der Waals surface area (Å²) in [4.78, 5) is 31.7. The number of carboxylic acids is 1. The summed E-state index contributed by atoms with van der Waals surface area (Å²) < 4.78 is 41.6. The Bertz CT molecular complexity index is 428. The summed E-state index contributed by atoms with van der Waals surface area (Å²) in [5, 5.41) is 9.82. The SMILES string of the molecule is COC(=O)[C@H]1OCCC[C@@H]1NC(=O)[C@@H](C)N.O=C(O)C(F)(F)F. The van der Waals surface area contributed by atoms with E-state index in [2.05, 4.69) is 10.1 Å². The van der Waals surface area contributed by atoms with Crippen molar-refractivity contribution >= 4 is 17.8 Å². The van der Waals surface area contributed by atoms with Gasteiger partial charge in [-0.3, -0.25) is 4.79 Å². The van der Waals surface area contributed by atoms with Gasteiger partial charge < -0.3 is 25.6 Å². The second kappa shape index (κ2) is 9.30. The zero-order valence-electron chi connectivity index (χ0n) is 12.6. The molecule has 1 fully saturated rings. The lowest BCUT2D eigenvalue weighted by atomic mass is 10.0. The maximum Gasteiger partial charge on any atom is 0.490 e. The highest BCUT2D eigenvalue weighted by Crippen LogP contribution is 2.15. The third-order valence-electron chi connectivity index (χ3n) is 2.74. The number of alkyl halides is 3. The molecule has 8 nitrogen and oxygen atoms in total. The zero-order chi connectivity index (χ0) is 18.2. The lowest BCUT2D eigenvalue weighted by Gasteiger charge is -2.30. The first-order chi connectivity index (χ1) is 10.5. The van der Waals surface area contributed by atoms with Gasteiger partial charge in [0.1, 0.15) is 0 Å². The molecule has 0 spiro atoms. The van der Waals surface area contributed by atoms with Gasteiger partial charge in [0, 0.05) is 6.61 Å². The van der Waals surface area contributed by atoms with E-state index in [1.807, 2.05) is 0 Å². The molecule has 1 aliphatic heterocycles. The summed E-state index contributed by atoms with van der Waals surface area (Å²) >= 11 is 0. The van der Waals surface area contributed by atoms with Gasteiger partial charge in [0.05, 0.1) is 19.2 Å². The van der Waals surface area contributed by atoms with Crippen molar-refractivity contribution in [2.45, 2.75) is 44.1 Å². The number of methoxy groups -OCH3 is 1. The second-order valence-electron chi connectivity index (χ2n) is 4.66. The van der Waals surface area contributed by atoms with Gasteiger partial charge in [-0.2, -0.15) is 13.2 Å². The molecular weight excluding hydrogens is 325 g/mol. The van der Waals surface area contributed by atoms with Crippen LogP contribution in [-0.2, 0) is 23.9 Å². The Kier molecular flexibility index (Phi) is 8.54. The number of ether oxygens (including phenoxy) is 2. The molecule has 1 rings (SSSR count). The summed E-state index contributed by atoms with van der Waals surface area (Å²) in [6.45, 7) is 2.09. The average Bonchev–Trinajstić information content (AvgIpc) is 2.46. The number of carboxylic acid groups (broad SMARTS) is 1. The summed E-state index contributed by atoms with van der Waals surface area (Å²) in [5.41, 5.74) is 5.44. The third kappa shape index (κ3) is 7.79. The molecule has 0 aromatic rings. The van der Waals surface area contributed by atoms with Gasteiger partial charge >= 0.3 is 18.1 Å². The zero-order valence-corrected chi connectivity index (χ0v) is 12.6. The van der Waals surface area contributed by atoms with Crippen LogP contribution in [0.5, 0.6) is 0 Å². The highest BCUT2D eigenvalue weighted by Gasteiger charge is 2.38. The Labute approximate surface area is 130 Å². The van der Waals surface area contributed by atoms with Crippen molar-refractivity contribution in [2.75, 3.05) is 13.7 Å². The van der Waals surface area contributed by atoms with E-state index >= 15 is 0 Å². The summed E-state index contributed by atoms with van der Waals surface area (Å²) in [7, 11) is 1.30. The van der Waals surface area contributed by atoms with Gasteiger partial charge in [-0.1, -0.05) is 0 Å². The van der Waals surface area contributed by atoms with E-state index in [0.717, 1.165) is 6.42 Å². The van der Waals surface area contributed by atoms with Crippen LogP contribution in [0.4, 0.5) is 13.2 Å². The molecule has 4 N–H and O–H groups in total. The van der Waals surface area contributed by atoms with Crippen LogP contribution >= 0.6 is 0 Å². The number of aliphatic carboxylic acids is 1. The minimum atomic E-state index is -5.08. The fourth-order valence-electron chi connectivity index (χ4n) is 1.59. The van der Waals surface area contributed by atoms with Crippen LogP contribution < -0.4 is 11.1 Å². The van der Waals surface area contributed by atoms with Crippen molar-refractivity contribution in [3.05, 3.63) is 0 Å². The Balaban J connectivity index is 0.000000585. The standard InChI is InChI=1S/C10H18N2O4.C2HF3O2/c1-6(11)9(13)12-7-4-3-5-16-8(7)10(14)15-2;3-2(4,5)1(6)7/h6-8H,3-5,11H2,1-2H3,(H,12,13);(H,6,7)/t6-,7+,8+;/m1./s1. The Morgan fingerprint density at radius 3 is 2.30 bits per heavy atom. The van der Waals surface area contributed by atoms with E-state index < -0.39 is 30.3 Å². The van der Waals surface area contributed by atoms with Gasteiger partial charge in [0.15, 0.2) is 6.10 Å². The molecule has 0 unspecified atom stereocenters. The number of rotatable bonds is 3. The summed E-state index contributed by atoms with van der Waals surface area (Å²) in [6, 6.07) is -0.945. The molecule has 3 atom stereocenters. The van der Waals surface area contributed by atoms with Gasteiger partial charge in [-0.15, -0.1) is 0 Å². The van der Waals surface area contributed by atoms with E-state index in [9.17, 15) is 22.8 Å². The number of carbonyl (C=O) groups is 3. The molecule has 0 aliphatic carbocycles. The van der Waals surface area contributed by atoms with Crippen LogP contribution in [-0.4, -0.2) is 61.0 Å². The smallest absolute Gasteiger partial charge is 0.475 e. The van der Waals surface area contributed by atoms with Crippen LogP contribution in [0.3, 0.4) is 0 Å². The lowest BCUT2D eigenvalue weighted by Crippen LogP contribution is -2.54. The molecule has 0 aromatic carbocycles. The molecule has 0 saturated carbocycles. The molecule has 0 aromatic heterocycles. The Morgan fingerprint density at radius 2 is 1.91 bits per heavy atom. The summed E-state index contributed by atoms with van der Waals surface area (Å²) in [6.07, 6.45) is -4.31. The topological polar surface area (TPSA) is 128 Å². The van der Waals surface area contributed by atoms with Crippen LogP contribution in [0.2, 0.25) is 0 Å². The molecule has 134 valence electrons. The van der Waals surface area contributed by atoms with E-state index in [4.69, 9.17) is 20.4 Å². The predicted molar refractivity (Wildman–Crippen MR) is 70.3 cm³/mol. The van der Waals surface area contributed by atoms with Crippen molar-refractivity contribution in [3.63, 3.8) is 0 Å². The Morgan fingerprint density at radius 1 is 1.39 bits per heavy atom. The minimum absolute atomic E-state index is 0.288. The van der Waals surface area contributed by atoms with Crippen LogP contribution in [0.15, 0.2) is 0 Å². The molecule has 1 heterocycles. The third-order valence-corrected chi connectivity index (χ3v) is 2.74. The number of esters is 1. The molecule has 0 radical (unpaired) electrons. The number of amides is 1. The highest BCUT2D eigenvalue weighted by atomic mass is 19.4. The van der Waals surface area contributed by atoms with Crippen LogP contribution in [0.1, 0.15) is 19.8 Å². The maximum atomic E-state index is 11.4. The van der Waals surface area contributed by atoms with Crippen molar-refractivity contribution in [3.8, 4) is 0 Å². The Hall–Kier alpha value is -1.88. The van der Waals surface area contributed by atoms with Gasteiger partial charge in [0.2, 0.25) is 5.91 Å². The van der Waals surface area contributed by atoms with Crippen molar-refractivity contribution in [1.29, 1.82) is 0 Å². The highest BCUT2D eigenvalue weighted by molar-refractivity contribution is 5.83. The van der Waals surface area contributed by atoms with E-state index in [-0.39, 0.29) is 11.9 Å². The van der Waals surface area contributed by atoms with Crippen molar-refractivity contribution < 1.29 is 42.1 Å². The number of hydrogen-bond donors (Lipinski definition) is 3. The van der Waals surface area contributed by atoms with Gasteiger partial charge in [-0.05, 0) is 19.8 Å². The number of nitrogens with two attached hydrogens (primary N) is 1. The van der Waals surface area contributed by atoms with Gasteiger partial charge in [0.25, 0.3) is 0 Å². The molecular formula is C12H19F3N2O6. The first-order valence-electron chi connectivity index (χ1n) is 6.56. The first-order valence-corrected chi connectivity index (χ1v) is 6.56. The molecule has 23 heavy (non-hydrogen) atoms. The number of halogens is 3. The van der Waals surface area contributed by atoms with E-state index in [0.29, 0.717) is 13.0 Å². The van der Waals surface area contributed by atoms with Crippen LogP contribution in [0.25, 0.3) is 0 Å². The monoisotopic (exact) mass is 344 g/mol. The molecule has 1 saturated heterocycles. The van der Waals surface area contributed by atoms with Gasteiger partial charge in [-0.25, -0.2) is 9.59 Å². The molecule has 1 aliphatic rings. The predicted octanol–water partition coefficient (Wildman–Crippen LogP) is -0.196. The fraction of sp³-hybridized carbons (Fsp3) is 0.750. The van der Waals surface area contributed by atoms with Crippen molar-refractivity contribution in [1.82, 2.24) is 5.32 Å². The molecule has 0 bridgehead atoms. The number of nitrogens with one attached hydrogen (secondary N) is 1. The fourth-order valence-corrected chi connectivity index (χ4v) is 1.59. The summed E-state index contributed by atoms with van der Waals surface area (Å²) in [5.74, 6) is -3.51. The minimum Gasteiger partial charge on any atom is -0.475 e. The second-order valence-corrected chi connectivity index (χ2v) is 4.66. The maximum absolute atomic E-state index is 11.4. The largest absolute Gasteiger partial charge is 0.490 e. The van der Waals surface area contributed by atoms with E-state index in [1.54, 1.807) is 6.92 Å². The van der Waals surface area contributed by atoms with Crippen LogP contribution in [0, 0.1) is 0 Å².